The van der Waals surface area contributed by atoms with Crippen LogP contribution in [-0.2, 0) is 9.53 Å². The molecule has 0 heterocycles. The van der Waals surface area contributed by atoms with E-state index in [0.29, 0.717) is 12.2 Å². The highest BCUT2D eigenvalue weighted by Crippen LogP contribution is 2.22. The van der Waals surface area contributed by atoms with Crippen molar-refractivity contribution in [3.05, 3.63) is 12.2 Å². The third-order valence-corrected chi connectivity index (χ3v) is 2.20. The Labute approximate surface area is 69.4 Å². The monoisotopic (exact) mass is 174 g/mol. The van der Waals surface area contributed by atoms with Gasteiger partial charge in [0.15, 0.2) is 0 Å². The number of hydrogen-bond donors (Lipinski definition) is 0. The summed E-state index contributed by atoms with van der Waals surface area (Å²) in [5.74, 6) is -0.276. The van der Waals surface area contributed by atoms with Crippen LogP contribution >= 0.6 is 7.92 Å². The van der Waals surface area contributed by atoms with E-state index in [2.05, 4.69) is 19.9 Å². The normalized spacial score (nSPS) is 9.82. The zero-order valence-electron chi connectivity index (χ0n) is 7.39. The average Bonchev–Trinajstić information content (AvgIpc) is 1.86. The van der Waals surface area contributed by atoms with E-state index in [9.17, 15) is 4.79 Å². The van der Waals surface area contributed by atoms with Gasteiger partial charge in [0.2, 0.25) is 0 Å². The van der Waals surface area contributed by atoms with Gasteiger partial charge in [-0.1, -0.05) is 6.58 Å². The standard InChI is InChI=1S/C8H15O2P/c1-7(2)8(9)10-5-6-11(3)4/h1,5-6H2,2-4H3. The van der Waals surface area contributed by atoms with Gasteiger partial charge in [0.25, 0.3) is 0 Å². The molecule has 11 heavy (non-hydrogen) atoms. The Bertz CT molecular complexity index is 152. The maximum Gasteiger partial charge on any atom is 0.333 e. The summed E-state index contributed by atoms with van der Waals surface area (Å²) in [7, 11) is 0.0427. The summed E-state index contributed by atoms with van der Waals surface area (Å²) in [5, 5.41) is 0. The van der Waals surface area contributed by atoms with Gasteiger partial charge in [-0.25, -0.2) is 4.79 Å². The number of carbonyl (C=O) groups is 1. The van der Waals surface area contributed by atoms with Crippen LogP contribution in [0.25, 0.3) is 0 Å². The molecule has 0 amide bonds. The van der Waals surface area contributed by atoms with Gasteiger partial charge in [0.1, 0.15) is 0 Å². The Morgan fingerprint density at radius 2 is 2.09 bits per heavy atom. The first-order valence-corrected chi connectivity index (χ1v) is 5.93. The fraction of sp³-hybridized carbons (Fsp3) is 0.625. The molecule has 3 heteroatoms. The van der Waals surface area contributed by atoms with E-state index < -0.39 is 0 Å². The Morgan fingerprint density at radius 1 is 1.55 bits per heavy atom. The van der Waals surface area contributed by atoms with Gasteiger partial charge < -0.3 is 4.74 Å². The lowest BCUT2D eigenvalue weighted by atomic mass is 10.4. The van der Waals surface area contributed by atoms with Crippen LogP contribution in [0.4, 0.5) is 0 Å². The van der Waals surface area contributed by atoms with E-state index in [4.69, 9.17) is 4.74 Å². The Balaban J connectivity index is 3.40. The van der Waals surface area contributed by atoms with Crippen LogP contribution in [0.1, 0.15) is 6.92 Å². The highest BCUT2D eigenvalue weighted by atomic mass is 31.1. The van der Waals surface area contributed by atoms with Gasteiger partial charge in [0.05, 0.1) is 6.61 Å². The topological polar surface area (TPSA) is 26.3 Å². The van der Waals surface area contributed by atoms with Gasteiger partial charge in [-0.3, -0.25) is 0 Å². The molecular formula is C8H15O2P. The molecule has 0 rings (SSSR count). The van der Waals surface area contributed by atoms with Crippen LogP contribution in [0.5, 0.6) is 0 Å². The van der Waals surface area contributed by atoms with E-state index >= 15 is 0 Å². The zero-order chi connectivity index (χ0) is 8.85. The number of rotatable bonds is 4. The summed E-state index contributed by atoms with van der Waals surface area (Å²) in [6.07, 6.45) is 0.981. The number of hydrogen-bond acceptors (Lipinski definition) is 2. The van der Waals surface area contributed by atoms with Crippen molar-refractivity contribution in [3.8, 4) is 0 Å². The molecule has 0 saturated carbocycles. The predicted molar refractivity (Wildman–Crippen MR) is 49.4 cm³/mol. The summed E-state index contributed by atoms with van der Waals surface area (Å²) in [6, 6.07) is 0. The second kappa shape index (κ2) is 5.31. The molecule has 0 aliphatic heterocycles. The van der Waals surface area contributed by atoms with Crippen molar-refractivity contribution in [1.29, 1.82) is 0 Å². The highest BCUT2D eigenvalue weighted by molar-refractivity contribution is 7.55. The summed E-state index contributed by atoms with van der Waals surface area (Å²) in [6.45, 7) is 9.98. The van der Waals surface area contributed by atoms with Crippen molar-refractivity contribution in [1.82, 2.24) is 0 Å². The minimum absolute atomic E-state index is 0.0427. The summed E-state index contributed by atoms with van der Waals surface area (Å²) in [5.41, 5.74) is 0.474. The maximum atomic E-state index is 10.8. The molecule has 0 unspecified atom stereocenters. The van der Waals surface area contributed by atoms with Gasteiger partial charge in [-0.15, -0.1) is 7.92 Å². The van der Waals surface area contributed by atoms with Gasteiger partial charge >= 0.3 is 5.97 Å². The molecule has 0 bridgehead atoms. The molecule has 0 aromatic heterocycles. The Kier molecular flexibility index (Phi) is 5.14. The number of ether oxygens (including phenoxy) is 1. The van der Waals surface area contributed by atoms with E-state index in [1.807, 2.05) is 0 Å². The summed E-state index contributed by atoms with van der Waals surface area (Å²) < 4.78 is 4.89. The average molecular weight is 174 g/mol. The Morgan fingerprint density at radius 3 is 2.45 bits per heavy atom. The zero-order valence-corrected chi connectivity index (χ0v) is 8.28. The van der Waals surface area contributed by atoms with Crippen LogP contribution in [0.2, 0.25) is 0 Å². The largest absolute Gasteiger partial charge is 0.462 e. The van der Waals surface area contributed by atoms with Crippen LogP contribution in [0.15, 0.2) is 12.2 Å². The smallest absolute Gasteiger partial charge is 0.333 e. The van der Waals surface area contributed by atoms with E-state index in [1.54, 1.807) is 6.92 Å². The molecule has 0 N–H and O–H groups in total. The maximum absolute atomic E-state index is 10.8. The Hall–Kier alpha value is -0.360. The van der Waals surface area contributed by atoms with E-state index in [1.165, 1.54) is 0 Å². The number of carbonyl (C=O) groups excluding carboxylic acids is 1. The molecule has 0 aromatic carbocycles. The van der Waals surface area contributed by atoms with Gasteiger partial charge in [0, 0.05) is 11.7 Å². The molecule has 0 saturated heterocycles. The molecule has 0 radical (unpaired) electrons. The molecule has 0 aromatic rings. The fourth-order valence-electron chi connectivity index (χ4n) is 0.444. The highest BCUT2D eigenvalue weighted by Gasteiger charge is 2.02. The molecule has 0 atom stereocenters. The second-order valence-corrected chi connectivity index (χ2v) is 5.33. The van der Waals surface area contributed by atoms with Crippen LogP contribution < -0.4 is 0 Å². The molecular weight excluding hydrogens is 159 g/mol. The lowest BCUT2D eigenvalue weighted by Crippen LogP contribution is -2.07. The number of esters is 1. The van der Waals surface area contributed by atoms with Crippen molar-refractivity contribution < 1.29 is 9.53 Å². The van der Waals surface area contributed by atoms with Crippen molar-refractivity contribution in [3.63, 3.8) is 0 Å². The molecule has 0 aliphatic rings. The first-order valence-electron chi connectivity index (χ1n) is 3.51. The van der Waals surface area contributed by atoms with Crippen LogP contribution in [0, 0.1) is 0 Å². The van der Waals surface area contributed by atoms with Gasteiger partial charge in [-0.05, 0) is 20.3 Å². The SMILES string of the molecule is C=C(C)C(=O)OCCP(C)C. The first kappa shape index (κ1) is 10.6. The van der Waals surface area contributed by atoms with E-state index in [0.717, 1.165) is 6.16 Å². The van der Waals surface area contributed by atoms with Crippen molar-refractivity contribution in [2.24, 2.45) is 0 Å². The quantitative estimate of drug-likeness (QED) is 0.369. The van der Waals surface area contributed by atoms with Crippen LogP contribution in [-0.4, -0.2) is 32.1 Å². The van der Waals surface area contributed by atoms with Crippen molar-refractivity contribution >= 4 is 13.9 Å². The third kappa shape index (κ3) is 6.05. The molecule has 64 valence electrons. The minimum Gasteiger partial charge on any atom is -0.462 e. The fourth-order valence-corrected chi connectivity index (χ4v) is 0.901. The van der Waals surface area contributed by atoms with Crippen molar-refractivity contribution in [2.75, 3.05) is 26.1 Å². The molecule has 0 spiro atoms. The van der Waals surface area contributed by atoms with E-state index in [-0.39, 0.29) is 13.9 Å². The third-order valence-electron chi connectivity index (χ3n) is 1.12. The molecule has 2 nitrogen and oxygen atoms in total. The predicted octanol–water partition coefficient (Wildman–Crippen LogP) is 1.85. The second-order valence-electron chi connectivity index (χ2n) is 2.72. The van der Waals surface area contributed by atoms with Gasteiger partial charge in [-0.2, -0.15) is 0 Å². The molecule has 0 fully saturated rings. The summed E-state index contributed by atoms with van der Waals surface area (Å²) in [4.78, 5) is 10.8. The lowest BCUT2D eigenvalue weighted by molar-refractivity contribution is -0.138. The lowest BCUT2D eigenvalue weighted by Gasteiger charge is -2.06. The minimum atomic E-state index is -0.276. The molecule has 0 aliphatic carbocycles. The summed E-state index contributed by atoms with van der Waals surface area (Å²) >= 11 is 0. The van der Waals surface area contributed by atoms with Crippen LogP contribution in [0.3, 0.4) is 0 Å². The first-order chi connectivity index (χ1) is 5.04. The van der Waals surface area contributed by atoms with Crippen molar-refractivity contribution in [2.45, 2.75) is 6.92 Å².